The fraction of sp³-hybridized carbons (Fsp3) is 0.455. The summed E-state index contributed by atoms with van der Waals surface area (Å²) in [6.07, 6.45) is 2.07. The van der Waals surface area contributed by atoms with Crippen LogP contribution in [-0.2, 0) is 6.42 Å². The van der Waals surface area contributed by atoms with Crippen LogP contribution < -0.4 is 14.5 Å². The second-order valence-electron chi connectivity index (χ2n) is 7.08. The zero-order valence-corrected chi connectivity index (χ0v) is 15.5. The monoisotopic (exact) mass is 340 g/mol. The Labute approximate surface area is 152 Å². The number of hydrogen-bond acceptors (Lipinski definition) is 1. The number of rotatable bonds is 8. The smallest absolute Gasteiger partial charge is 0.127 e. The molecule has 0 atom stereocenters. The number of para-hydroxylation sites is 1. The van der Waals surface area contributed by atoms with Crippen LogP contribution in [0.2, 0.25) is 0 Å². The summed E-state index contributed by atoms with van der Waals surface area (Å²) < 4.78 is 6.12. The molecule has 0 unspecified atom stereocenters. The Morgan fingerprint density at radius 3 is 2.28 bits per heavy atom. The summed E-state index contributed by atoms with van der Waals surface area (Å²) >= 11 is 0. The van der Waals surface area contributed by atoms with Gasteiger partial charge in [-0.3, -0.25) is 0 Å². The van der Waals surface area contributed by atoms with Crippen LogP contribution in [0.25, 0.3) is 0 Å². The highest BCUT2D eigenvalue weighted by molar-refractivity contribution is 5.37. The SMILES string of the molecule is CC[NH+]1CC[NH+](CCCOc2ccccc2Cc2ccccc2)CC1. The van der Waals surface area contributed by atoms with Crippen LogP contribution in [0.4, 0.5) is 0 Å². The van der Waals surface area contributed by atoms with Crippen molar-refractivity contribution in [2.24, 2.45) is 0 Å². The number of nitrogens with one attached hydrogen (secondary N) is 2. The number of ether oxygens (including phenoxy) is 1. The number of likely N-dealkylation sites (N-methyl/N-ethyl adjacent to an activating group) is 1. The number of benzene rings is 2. The minimum atomic E-state index is 0.819. The van der Waals surface area contributed by atoms with Gasteiger partial charge >= 0.3 is 0 Å². The van der Waals surface area contributed by atoms with Gasteiger partial charge in [-0.1, -0.05) is 48.5 Å². The third kappa shape index (κ3) is 5.58. The highest BCUT2D eigenvalue weighted by Gasteiger charge is 2.20. The van der Waals surface area contributed by atoms with Crippen LogP contribution >= 0.6 is 0 Å². The molecule has 1 fully saturated rings. The van der Waals surface area contributed by atoms with Gasteiger partial charge < -0.3 is 14.5 Å². The van der Waals surface area contributed by atoms with Crippen molar-refractivity contribution in [3.8, 4) is 5.75 Å². The summed E-state index contributed by atoms with van der Waals surface area (Å²) in [5, 5.41) is 0. The van der Waals surface area contributed by atoms with Gasteiger partial charge in [0.1, 0.15) is 31.9 Å². The molecule has 0 spiro atoms. The predicted molar refractivity (Wildman–Crippen MR) is 103 cm³/mol. The highest BCUT2D eigenvalue weighted by Crippen LogP contribution is 2.21. The fourth-order valence-corrected chi connectivity index (χ4v) is 3.67. The first-order chi connectivity index (χ1) is 12.3. The summed E-state index contributed by atoms with van der Waals surface area (Å²) in [6.45, 7) is 10.9. The average molecular weight is 341 g/mol. The molecule has 1 saturated heterocycles. The molecule has 1 aliphatic rings. The van der Waals surface area contributed by atoms with E-state index in [0.717, 1.165) is 25.2 Å². The summed E-state index contributed by atoms with van der Waals surface area (Å²) in [5.41, 5.74) is 2.61. The third-order valence-corrected chi connectivity index (χ3v) is 5.31. The van der Waals surface area contributed by atoms with Gasteiger partial charge in [-0.15, -0.1) is 0 Å². The number of piperazine rings is 1. The van der Waals surface area contributed by atoms with E-state index in [1.807, 2.05) is 0 Å². The third-order valence-electron chi connectivity index (χ3n) is 5.31. The maximum absolute atomic E-state index is 6.12. The molecule has 2 aromatic rings. The van der Waals surface area contributed by atoms with E-state index in [-0.39, 0.29) is 0 Å². The van der Waals surface area contributed by atoms with Crippen molar-refractivity contribution in [1.82, 2.24) is 0 Å². The lowest BCUT2D eigenvalue weighted by Crippen LogP contribution is -3.28. The van der Waals surface area contributed by atoms with E-state index in [4.69, 9.17) is 4.74 Å². The van der Waals surface area contributed by atoms with Gasteiger partial charge in [0.15, 0.2) is 0 Å². The molecule has 0 saturated carbocycles. The molecule has 1 heterocycles. The lowest BCUT2D eigenvalue weighted by Gasteiger charge is -2.28. The van der Waals surface area contributed by atoms with Crippen molar-refractivity contribution in [1.29, 1.82) is 0 Å². The molecule has 2 aromatic carbocycles. The standard InChI is InChI=1S/C22H30N2O/c1-2-23-14-16-24(17-15-23)13-8-18-25-22-12-7-6-11-21(22)19-20-9-4-3-5-10-20/h3-7,9-12H,2,8,13-19H2,1H3/p+2. The maximum Gasteiger partial charge on any atom is 0.127 e. The molecule has 134 valence electrons. The molecule has 0 aliphatic carbocycles. The quantitative estimate of drug-likeness (QED) is 0.682. The van der Waals surface area contributed by atoms with Gasteiger partial charge in [0.05, 0.1) is 19.7 Å². The van der Waals surface area contributed by atoms with Gasteiger partial charge in [-0.25, -0.2) is 0 Å². The Morgan fingerprint density at radius 1 is 0.840 bits per heavy atom. The molecule has 0 bridgehead atoms. The van der Waals surface area contributed by atoms with Crippen LogP contribution in [0.5, 0.6) is 5.75 Å². The van der Waals surface area contributed by atoms with Crippen LogP contribution in [0.15, 0.2) is 54.6 Å². The van der Waals surface area contributed by atoms with Crippen molar-refractivity contribution < 1.29 is 14.5 Å². The number of hydrogen-bond donors (Lipinski definition) is 2. The summed E-state index contributed by atoms with van der Waals surface area (Å²) in [7, 11) is 0. The van der Waals surface area contributed by atoms with E-state index < -0.39 is 0 Å². The molecule has 3 nitrogen and oxygen atoms in total. The Hall–Kier alpha value is -1.84. The molecule has 1 aliphatic heterocycles. The van der Waals surface area contributed by atoms with E-state index >= 15 is 0 Å². The summed E-state index contributed by atoms with van der Waals surface area (Å²) in [6, 6.07) is 19.1. The van der Waals surface area contributed by atoms with Crippen molar-refractivity contribution in [3.63, 3.8) is 0 Å². The first kappa shape index (κ1) is 18.0. The molecule has 3 heteroatoms. The second kappa shape index (κ2) is 9.59. The van der Waals surface area contributed by atoms with Crippen molar-refractivity contribution in [2.45, 2.75) is 19.8 Å². The van der Waals surface area contributed by atoms with E-state index in [1.54, 1.807) is 9.80 Å². The van der Waals surface area contributed by atoms with Crippen molar-refractivity contribution >= 4 is 0 Å². The molecule has 25 heavy (non-hydrogen) atoms. The second-order valence-corrected chi connectivity index (χ2v) is 7.08. The average Bonchev–Trinajstić information content (AvgIpc) is 2.68. The van der Waals surface area contributed by atoms with Gasteiger partial charge in [0.2, 0.25) is 0 Å². The summed E-state index contributed by atoms with van der Waals surface area (Å²) in [4.78, 5) is 3.51. The fourth-order valence-electron chi connectivity index (χ4n) is 3.67. The van der Waals surface area contributed by atoms with Crippen molar-refractivity contribution in [3.05, 3.63) is 65.7 Å². The number of quaternary nitrogens is 2. The minimum absolute atomic E-state index is 0.819. The first-order valence-corrected chi connectivity index (χ1v) is 9.77. The van der Waals surface area contributed by atoms with Gasteiger partial charge in [-0.05, 0) is 24.1 Å². The molecular formula is C22H32N2O+2. The Morgan fingerprint density at radius 2 is 1.52 bits per heavy atom. The maximum atomic E-state index is 6.12. The Bertz CT molecular complexity index is 621. The topological polar surface area (TPSA) is 18.1 Å². The molecule has 0 radical (unpaired) electrons. The zero-order chi connectivity index (χ0) is 17.3. The van der Waals surface area contributed by atoms with Crippen molar-refractivity contribution in [2.75, 3.05) is 45.9 Å². The lowest BCUT2D eigenvalue weighted by atomic mass is 10.0. The Balaban J connectivity index is 1.44. The van der Waals surface area contributed by atoms with Gasteiger partial charge in [-0.2, -0.15) is 0 Å². The lowest BCUT2D eigenvalue weighted by molar-refractivity contribution is -1.01. The van der Waals surface area contributed by atoms with Gasteiger partial charge in [0, 0.05) is 12.8 Å². The summed E-state index contributed by atoms with van der Waals surface area (Å²) in [5.74, 6) is 1.04. The normalized spacial score (nSPS) is 20.4. The first-order valence-electron chi connectivity index (χ1n) is 9.77. The zero-order valence-electron chi connectivity index (χ0n) is 15.5. The van der Waals surface area contributed by atoms with E-state index in [2.05, 4.69) is 61.5 Å². The van der Waals surface area contributed by atoms with E-state index in [0.29, 0.717) is 0 Å². The van der Waals surface area contributed by atoms with Crippen LogP contribution in [0, 0.1) is 0 Å². The molecule has 2 N–H and O–H groups in total. The molecule has 3 rings (SSSR count). The highest BCUT2D eigenvalue weighted by atomic mass is 16.5. The minimum Gasteiger partial charge on any atom is -0.493 e. The van der Waals surface area contributed by atoms with E-state index in [9.17, 15) is 0 Å². The molecule has 0 amide bonds. The van der Waals surface area contributed by atoms with Gasteiger partial charge in [0.25, 0.3) is 0 Å². The predicted octanol–water partition coefficient (Wildman–Crippen LogP) is 0.850. The van der Waals surface area contributed by atoms with Crippen LogP contribution in [0.1, 0.15) is 24.5 Å². The van der Waals surface area contributed by atoms with Crippen LogP contribution in [-0.4, -0.2) is 45.9 Å². The van der Waals surface area contributed by atoms with E-state index in [1.165, 1.54) is 50.4 Å². The Kier molecular flexibility index (Phi) is 6.89. The molecular weight excluding hydrogens is 308 g/mol. The van der Waals surface area contributed by atoms with Crippen LogP contribution in [0.3, 0.4) is 0 Å². The largest absolute Gasteiger partial charge is 0.493 e. The molecule has 0 aromatic heterocycles.